The number of nitrogens with one attached hydrogen (secondary N) is 2. The number of fused-ring (bicyclic) bond motifs is 1. The second-order valence-electron chi connectivity index (χ2n) is 9.01. The van der Waals surface area contributed by atoms with E-state index < -0.39 is 29.0 Å². The van der Waals surface area contributed by atoms with Crippen molar-refractivity contribution in [2.45, 2.75) is 78.2 Å². The fraction of sp³-hybridized carbons (Fsp3) is 0.640. The molecule has 35 heavy (non-hydrogen) atoms. The fourth-order valence-corrected chi connectivity index (χ4v) is 4.42. The average molecular weight is 507 g/mol. The van der Waals surface area contributed by atoms with Gasteiger partial charge in [0.1, 0.15) is 11.3 Å². The molecule has 10 heteroatoms. The third kappa shape index (κ3) is 7.15. The highest BCUT2D eigenvalue weighted by Gasteiger charge is 2.39. The standard InChI is InChI=1S/C21H24F6N4.2C2H6/c1-12(30-19(2)4-3-5-19)9-31-10-13(11-31)6-17-28-16-8-14(20(22,23)24)7-15(18(16)29-17)21(25,26)27;2*1-2/h7-8,13,30H,1,3-6,9-11H2,2H3,(H,28,29);2*1-2H3. The van der Waals surface area contributed by atoms with Gasteiger partial charge in [0.25, 0.3) is 0 Å². The second-order valence-corrected chi connectivity index (χ2v) is 9.01. The van der Waals surface area contributed by atoms with Crippen LogP contribution in [0, 0.1) is 5.92 Å². The molecular weight excluding hydrogens is 470 g/mol. The van der Waals surface area contributed by atoms with Gasteiger partial charge in [0.2, 0.25) is 0 Å². The molecule has 2 aromatic rings. The molecule has 4 nitrogen and oxygen atoms in total. The van der Waals surface area contributed by atoms with Crippen molar-refractivity contribution in [1.82, 2.24) is 20.2 Å². The van der Waals surface area contributed by atoms with Gasteiger partial charge in [-0.3, -0.25) is 4.90 Å². The van der Waals surface area contributed by atoms with Crippen molar-refractivity contribution < 1.29 is 26.3 Å². The largest absolute Gasteiger partial charge is 0.418 e. The molecule has 4 rings (SSSR count). The Morgan fingerprint density at radius 1 is 1.09 bits per heavy atom. The lowest BCUT2D eigenvalue weighted by Gasteiger charge is -2.44. The number of rotatable bonds is 6. The van der Waals surface area contributed by atoms with Crippen LogP contribution in [0.3, 0.4) is 0 Å². The smallest absolute Gasteiger partial charge is 0.383 e. The van der Waals surface area contributed by atoms with E-state index in [4.69, 9.17) is 0 Å². The molecule has 0 bridgehead atoms. The van der Waals surface area contributed by atoms with Crippen LogP contribution >= 0.6 is 0 Å². The van der Waals surface area contributed by atoms with E-state index in [9.17, 15) is 26.3 Å². The maximum atomic E-state index is 13.3. The number of imidazole rings is 1. The number of H-pyrrole nitrogens is 1. The van der Waals surface area contributed by atoms with Gasteiger partial charge in [0.15, 0.2) is 0 Å². The topological polar surface area (TPSA) is 44.0 Å². The number of likely N-dealkylation sites (tertiary alicyclic amines) is 1. The van der Waals surface area contributed by atoms with E-state index in [2.05, 4.69) is 33.7 Å². The number of benzene rings is 1. The second kappa shape index (κ2) is 11.2. The molecule has 1 saturated heterocycles. The molecule has 1 aromatic carbocycles. The maximum absolute atomic E-state index is 13.3. The first kappa shape index (κ1) is 29.0. The Balaban J connectivity index is 0.00000103. The van der Waals surface area contributed by atoms with Gasteiger partial charge in [-0.2, -0.15) is 26.3 Å². The summed E-state index contributed by atoms with van der Waals surface area (Å²) >= 11 is 0. The van der Waals surface area contributed by atoms with Gasteiger partial charge < -0.3 is 10.3 Å². The van der Waals surface area contributed by atoms with Crippen LogP contribution in [0.4, 0.5) is 26.3 Å². The summed E-state index contributed by atoms with van der Waals surface area (Å²) in [7, 11) is 0. The highest BCUT2D eigenvalue weighted by atomic mass is 19.4. The van der Waals surface area contributed by atoms with Crippen LogP contribution in [-0.2, 0) is 18.8 Å². The lowest BCUT2D eigenvalue weighted by Crippen LogP contribution is -2.53. The Hall–Kier alpha value is -2.23. The summed E-state index contributed by atoms with van der Waals surface area (Å²) in [5, 5.41) is 3.46. The minimum Gasteiger partial charge on any atom is -0.383 e. The first-order chi connectivity index (χ1) is 16.3. The molecule has 1 aliphatic carbocycles. The summed E-state index contributed by atoms with van der Waals surface area (Å²) in [4.78, 5) is 8.82. The number of alkyl halides is 6. The van der Waals surface area contributed by atoms with E-state index in [1.54, 1.807) is 0 Å². The van der Waals surface area contributed by atoms with Crippen molar-refractivity contribution in [1.29, 1.82) is 0 Å². The van der Waals surface area contributed by atoms with E-state index in [0.29, 0.717) is 19.0 Å². The van der Waals surface area contributed by atoms with Gasteiger partial charge in [0.05, 0.1) is 16.6 Å². The monoisotopic (exact) mass is 506 g/mol. The van der Waals surface area contributed by atoms with Gasteiger partial charge >= 0.3 is 12.4 Å². The molecular formula is C25H36F6N4. The molecule has 0 spiro atoms. The van der Waals surface area contributed by atoms with Crippen molar-refractivity contribution in [2.75, 3.05) is 19.6 Å². The molecule has 1 saturated carbocycles. The zero-order chi connectivity index (χ0) is 26.6. The molecule has 198 valence electrons. The number of aromatic amines is 1. The van der Waals surface area contributed by atoms with Gasteiger partial charge in [-0.15, -0.1) is 0 Å². The molecule has 1 aliphatic heterocycles. The molecule has 0 unspecified atom stereocenters. The molecule has 1 aromatic heterocycles. The SMILES string of the molecule is C=C(CN1CC(Cc2nc3c(C(F)(F)F)cc(C(F)(F)F)cc3[nH]2)C1)NC1(C)CCC1.CC.CC. The first-order valence-corrected chi connectivity index (χ1v) is 12.2. The van der Waals surface area contributed by atoms with Crippen molar-refractivity contribution in [3.8, 4) is 0 Å². The molecule has 2 N–H and O–H groups in total. The molecule has 2 fully saturated rings. The van der Waals surface area contributed by atoms with Crippen LogP contribution in [0.5, 0.6) is 0 Å². The third-order valence-corrected chi connectivity index (χ3v) is 6.13. The zero-order valence-electron chi connectivity index (χ0n) is 21.1. The predicted molar refractivity (Wildman–Crippen MR) is 127 cm³/mol. The Kier molecular flexibility index (Phi) is 9.30. The summed E-state index contributed by atoms with van der Waals surface area (Å²) in [6.07, 6.45) is -5.97. The Morgan fingerprint density at radius 2 is 1.69 bits per heavy atom. The van der Waals surface area contributed by atoms with Gasteiger partial charge in [-0.25, -0.2) is 4.98 Å². The van der Waals surface area contributed by atoms with Crippen LogP contribution in [0.25, 0.3) is 11.0 Å². The first-order valence-electron chi connectivity index (χ1n) is 12.2. The molecule has 0 amide bonds. The minimum atomic E-state index is -4.93. The number of hydrogen-bond donors (Lipinski definition) is 2. The molecule has 0 atom stereocenters. The van der Waals surface area contributed by atoms with E-state index in [1.807, 2.05) is 27.7 Å². The Labute approximate surface area is 203 Å². The number of aromatic nitrogens is 2. The van der Waals surface area contributed by atoms with Crippen LogP contribution in [-0.4, -0.2) is 40.0 Å². The number of nitrogens with zero attached hydrogens (tertiary/aromatic N) is 2. The van der Waals surface area contributed by atoms with Crippen molar-refractivity contribution in [3.63, 3.8) is 0 Å². The zero-order valence-corrected chi connectivity index (χ0v) is 21.1. The predicted octanol–water partition coefficient (Wildman–Crippen LogP) is 7.17. The summed E-state index contributed by atoms with van der Waals surface area (Å²) < 4.78 is 79.0. The lowest BCUT2D eigenvalue weighted by molar-refractivity contribution is -0.142. The van der Waals surface area contributed by atoms with Gasteiger partial charge in [-0.1, -0.05) is 34.3 Å². The molecule has 2 heterocycles. The molecule has 2 aliphatic rings. The number of hydrogen-bond acceptors (Lipinski definition) is 3. The average Bonchev–Trinajstić information content (AvgIpc) is 3.14. The Morgan fingerprint density at radius 3 is 2.17 bits per heavy atom. The van der Waals surface area contributed by atoms with Gasteiger partial charge in [0, 0.05) is 37.3 Å². The Bertz CT molecular complexity index is 982. The summed E-state index contributed by atoms with van der Waals surface area (Å²) in [6.45, 7) is 16.4. The fourth-order valence-electron chi connectivity index (χ4n) is 4.42. The minimum absolute atomic E-state index is 0.124. The summed E-state index contributed by atoms with van der Waals surface area (Å²) in [5.74, 6) is 0.437. The highest BCUT2D eigenvalue weighted by molar-refractivity contribution is 5.80. The van der Waals surface area contributed by atoms with Crippen LogP contribution < -0.4 is 5.32 Å². The van der Waals surface area contributed by atoms with Crippen molar-refractivity contribution >= 4 is 11.0 Å². The highest BCUT2D eigenvalue weighted by Crippen LogP contribution is 2.39. The van der Waals surface area contributed by atoms with Crippen LogP contribution in [0.2, 0.25) is 0 Å². The molecule has 0 radical (unpaired) electrons. The number of halogens is 6. The summed E-state index contributed by atoms with van der Waals surface area (Å²) in [5.41, 5.74) is -2.37. The van der Waals surface area contributed by atoms with E-state index in [-0.39, 0.29) is 28.9 Å². The van der Waals surface area contributed by atoms with Crippen LogP contribution in [0.1, 0.15) is 70.8 Å². The van der Waals surface area contributed by atoms with E-state index >= 15 is 0 Å². The quantitative estimate of drug-likeness (QED) is 0.408. The van der Waals surface area contributed by atoms with E-state index in [1.165, 1.54) is 6.42 Å². The maximum Gasteiger partial charge on any atom is 0.418 e. The van der Waals surface area contributed by atoms with E-state index in [0.717, 1.165) is 31.6 Å². The normalized spacial score (nSPS) is 17.9. The van der Waals surface area contributed by atoms with Crippen molar-refractivity contribution in [2.24, 2.45) is 5.92 Å². The van der Waals surface area contributed by atoms with Crippen molar-refractivity contribution in [3.05, 3.63) is 41.4 Å². The van der Waals surface area contributed by atoms with Crippen LogP contribution in [0.15, 0.2) is 24.4 Å². The van der Waals surface area contributed by atoms with Gasteiger partial charge in [-0.05, 0) is 44.2 Å². The lowest BCUT2D eigenvalue weighted by atomic mass is 9.78. The summed E-state index contributed by atoms with van der Waals surface area (Å²) in [6, 6.07) is 0.810. The third-order valence-electron chi connectivity index (χ3n) is 6.13.